The van der Waals surface area contributed by atoms with Crippen LogP contribution >= 0.6 is 0 Å². The van der Waals surface area contributed by atoms with Crippen molar-refractivity contribution in [2.75, 3.05) is 0 Å². The number of hydrogen-bond donors (Lipinski definition) is 3. The zero-order valence-electron chi connectivity index (χ0n) is 15.1. The van der Waals surface area contributed by atoms with Gasteiger partial charge in [0.2, 0.25) is 0 Å². The Bertz CT molecular complexity index is 469. The fraction of sp³-hybridized carbons (Fsp3) is 0.700. The highest BCUT2D eigenvalue weighted by molar-refractivity contribution is 5.84. The molecule has 0 amide bonds. The molecule has 1 fully saturated rings. The lowest BCUT2D eigenvalue weighted by molar-refractivity contribution is -0.137. The van der Waals surface area contributed by atoms with Crippen LogP contribution in [0.1, 0.15) is 64.7 Å². The average Bonchev–Trinajstić information content (AvgIpc) is 2.82. The van der Waals surface area contributed by atoms with E-state index in [4.69, 9.17) is 5.11 Å². The second kappa shape index (κ2) is 12.0. The number of carbonyl (C=O) groups excluding carboxylic acids is 1. The minimum absolute atomic E-state index is 0.0535. The van der Waals surface area contributed by atoms with E-state index in [0.29, 0.717) is 25.7 Å². The van der Waals surface area contributed by atoms with E-state index in [1.165, 1.54) is 0 Å². The van der Waals surface area contributed by atoms with E-state index < -0.39 is 18.2 Å². The van der Waals surface area contributed by atoms with Crippen LogP contribution < -0.4 is 0 Å². The first-order valence-corrected chi connectivity index (χ1v) is 9.39. The molecule has 142 valence electrons. The number of aliphatic hydroxyl groups excluding tert-OH is 2. The maximum atomic E-state index is 12.1. The normalized spacial score (nSPS) is 25.2. The molecule has 0 bridgehead atoms. The van der Waals surface area contributed by atoms with Gasteiger partial charge in [-0.3, -0.25) is 9.59 Å². The molecule has 3 N–H and O–H groups in total. The highest BCUT2D eigenvalue weighted by Crippen LogP contribution is 2.33. The summed E-state index contributed by atoms with van der Waals surface area (Å²) in [6.45, 7) is 2.11. The van der Waals surface area contributed by atoms with E-state index in [1.54, 1.807) is 12.2 Å². The Hall–Kier alpha value is -1.46. The van der Waals surface area contributed by atoms with Gasteiger partial charge in [-0.05, 0) is 25.7 Å². The lowest BCUT2D eigenvalue weighted by atomic mass is 9.90. The molecule has 2 unspecified atom stereocenters. The Balaban J connectivity index is 2.48. The summed E-state index contributed by atoms with van der Waals surface area (Å²) < 4.78 is 0. The van der Waals surface area contributed by atoms with Gasteiger partial charge in [0.15, 0.2) is 0 Å². The second-order valence-corrected chi connectivity index (χ2v) is 6.86. The molecule has 5 heteroatoms. The molecule has 4 atom stereocenters. The van der Waals surface area contributed by atoms with Crippen molar-refractivity contribution in [3.8, 4) is 0 Å². The maximum Gasteiger partial charge on any atom is 0.303 e. The first-order valence-electron chi connectivity index (χ1n) is 9.39. The molecule has 0 aromatic heterocycles. The third kappa shape index (κ3) is 8.45. The van der Waals surface area contributed by atoms with Crippen LogP contribution in [0, 0.1) is 11.8 Å². The summed E-state index contributed by atoms with van der Waals surface area (Å²) in [4.78, 5) is 22.5. The summed E-state index contributed by atoms with van der Waals surface area (Å²) in [7, 11) is 0. The predicted octanol–water partition coefficient (Wildman–Crippen LogP) is 3.25. The van der Waals surface area contributed by atoms with Crippen molar-refractivity contribution in [2.24, 2.45) is 11.8 Å². The van der Waals surface area contributed by atoms with Crippen molar-refractivity contribution in [2.45, 2.75) is 76.9 Å². The fourth-order valence-corrected chi connectivity index (χ4v) is 3.22. The molecule has 1 rings (SSSR count). The molecule has 0 aromatic carbocycles. The molecule has 1 aliphatic carbocycles. The quantitative estimate of drug-likeness (QED) is 0.370. The summed E-state index contributed by atoms with van der Waals surface area (Å²) in [6.07, 6.45) is 12.1. The number of ketones is 1. The Labute approximate surface area is 150 Å². The number of allylic oxidation sites excluding steroid dienone is 2. The fourth-order valence-electron chi connectivity index (χ4n) is 3.22. The monoisotopic (exact) mass is 352 g/mol. The van der Waals surface area contributed by atoms with Crippen LogP contribution in [0.15, 0.2) is 24.3 Å². The number of carboxylic acid groups (broad SMARTS) is 1. The van der Waals surface area contributed by atoms with Gasteiger partial charge in [-0.2, -0.15) is 0 Å². The summed E-state index contributed by atoms with van der Waals surface area (Å²) in [5.41, 5.74) is 0. The lowest BCUT2D eigenvalue weighted by Crippen LogP contribution is -2.18. The molecule has 0 aromatic rings. The molecule has 0 spiro atoms. The Morgan fingerprint density at radius 1 is 1.28 bits per heavy atom. The van der Waals surface area contributed by atoms with Crippen LogP contribution in [0.4, 0.5) is 0 Å². The molecule has 0 saturated heterocycles. The van der Waals surface area contributed by atoms with Crippen LogP contribution in [0.3, 0.4) is 0 Å². The minimum Gasteiger partial charge on any atom is -0.481 e. The van der Waals surface area contributed by atoms with Gasteiger partial charge < -0.3 is 15.3 Å². The average molecular weight is 352 g/mol. The van der Waals surface area contributed by atoms with Crippen molar-refractivity contribution in [3.63, 3.8) is 0 Å². The van der Waals surface area contributed by atoms with E-state index in [0.717, 1.165) is 19.3 Å². The van der Waals surface area contributed by atoms with Crippen LogP contribution in [0.25, 0.3) is 0 Å². The topological polar surface area (TPSA) is 94.8 Å². The predicted molar refractivity (Wildman–Crippen MR) is 97.1 cm³/mol. The van der Waals surface area contributed by atoms with Crippen molar-refractivity contribution in [1.29, 1.82) is 0 Å². The smallest absolute Gasteiger partial charge is 0.303 e. The van der Waals surface area contributed by atoms with Gasteiger partial charge >= 0.3 is 5.97 Å². The Morgan fingerprint density at radius 3 is 2.72 bits per heavy atom. The number of aliphatic carboxylic acids is 1. The van der Waals surface area contributed by atoms with Crippen LogP contribution in [0.5, 0.6) is 0 Å². The molecule has 1 saturated carbocycles. The first kappa shape index (κ1) is 21.6. The number of hydrogen-bond acceptors (Lipinski definition) is 4. The molecule has 5 nitrogen and oxygen atoms in total. The van der Waals surface area contributed by atoms with E-state index >= 15 is 0 Å². The molecule has 0 radical (unpaired) electrons. The van der Waals surface area contributed by atoms with Gasteiger partial charge in [-0.15, -0.1) is 0 Å². The van der Waals surface area contributed by atoms with Crippen LogP contribution in [-0.4, -0.2) is 39.3 Å². The van der Waals surface area contributed by atoms with Crippen molar-refractivity contribution >= 4 is 11.8 Å². The van der Waals surface area contributed by atoms with Crippen LogP contribution in [0.2, 0.25) is 0 Å². The van der Waals surface area contributed by atoms with Gasteiger partial charge in [0.25, 0.3) is 0 Å². The van der Waals surface area contributed by atoms with E-state index in [1.807, 2.05) is 12.2 Å². The van der Waals surface area contributed by atoms with Crippen molar-refractivity contribution in [1.82, 2.24) is 0 Å². The number of Topliss-reactive ketones (excluding diaryl/α,β-unsaturated/α-hetero) is 1. The summed E-state index contributed by atoms with van der Waals surface area (Å²) in [5.74, 6) is -1.26. The van der Waals surface area contributed by atoms with Crippen molar-refractivity contribution in [3.05, 3.63) is 24.3 Å². The van der Waals surface area contributed by atoms with Gasteiger partial charge in [0.1, 0.15) is 5.78 Å². The summed E-state index contributed by atoms with van der Waals surface area (Å²) in [6, 6.07) is 0. The van der Waals surface area contributed by atoms with E-state index in [9.17, 15) is 19.8 Å². The minimum atomic E-state index is -0.801. The number of unbranched alkanes of at least 4 members (excludes halogenated alkanes) is 3. The third-order valence-electron chi connectivity index (χ3n) is 4.71. The largest absolute Gasteiger partial charge is 0.481 e. The highest BCUT2D eigenvalue weighted by Gasteiger charge is 2.39. The van der Waals surface area contributed by atoms with Gasteiger partial charge in [-0.25, -0.2) is 0 Å². The Kier molecular flexibility index (Phi) is 10.3. The second-order valence-electron chi connectivity index (χ2n) is 6.86. The number of aliphatic hydroxyl groups is 2. The molecule has 25 heavy (non-hydrogen) atoms. The number of carboxylic acids is 1. The summed E-state index contributed by atoms with van der Waals surface area (Å²) >= 11 is 0. The summed E-state index contributed by atoms with van der Waals surface area (Å²) in [5, 5.41) is 28.7. The highest BCUT2D eigenvalue weighted by atomic mass is 16.4. The maximum absolute atomic E-state index is 12.1. The lowest BCUT2D eigenvalue weighted by Gasteiger charge is -2.16. The van der Waals surface area contributed by atoms with Crippen molar-refractivity contribution < 1.29 is 24.9 Å². The first-order chi connectivity index (χ1) is 12.0. The number of rotatable bonds is 12. The zero-order valence-corrected chi connectivity index (χ0v) is 15.1. The molecule has 0 heterocycles. The standard InChI is InChI=1S/C20H32O5/c1-2-3-6-9-15(21)12-13-17-16(18(22)14-19(17)23)10-7-4-5-8-11-20(24)25/h4,7,12-13,15-17,19,21,23H,2-3,5-6,8-11,14H2,1H3,(H,24,25)/b7-4+,13-12+/t15-,16?,17?,19+/m0/s1. The molecule has 1 aliphatic rings. The van der Waals surface area contributed by atoms with Crippen LogP contribution in [-0.2, 0) is 9.59 Å². The van der Waals surface area contributed by atoms with Gasteiger partial charge in [-0.1, -0.05) is 50.5 Å². The zero-order chi connectivity index (χ0) is 18.7. The van der Waals surface area contributed by atoms with Gasteiger partial charge in [0, 0.05) is 24.7 Å². The SMILES string of the molecule is CCCCC[C@H](O)/C=C/C1C(C/C=C/CCCC(=O)O)C(=O)C[C@H]1O. The van der Waals surface area contributed by atoms with E-state index in [-0.39, 0.29) is 30.5 Å². The number of carbonyl (C=O) groups is 2. The molecular weight excluding hydrogens is 320 g/mol. The van der Waals surface area contributed by atoms with E-state index in [2.05, 4.69) is 6.92 Å². The van der Waals surface area contributed by atoms with Gasteiger partial charge in [0.05, 0.1) is 12.2 Å². The molecule has 0 aliphatic heterocycles. The Morgan fingerprint density at radius 2 is 2.04 bits per heavy atom. The molecular formula is C20H32O5. The third-order valence-corrected chi connectivity index (χ3v) is 4.71.